The molecule has 0 bridgehead atoms. The predicted molar refractivity (Wildman–Crippen MR) is 102 cm³/mol. The van der Waals surface area contributed by atoms with Gasteiger partial charge in [0, 0.05) is 38.0 Å². The van der Waals surface area contributed by atoms with Gasteiger partial charge >= 0.3 is 0 Å². The zero-order valence-corrected chi connectivity index (χ0v) is 15.6. The van der Waals surface area contributed by atoms with Gasteiger partial charge in [-0.15, -0.1) is 11.3 Å². The summed E-state index contributed by atoms with van der Waals surface area (Å²) < 4.78 is 11.1. The van der Waals surface area contributed by atoms with E-state index < -0.39 is 0 Å². The van der Waals surface area contributed by atoms with E-state index in [0.29, 0.717) is 6.54 Å². The lowest BCUT2D eigenvalue weighted by Crippen LogP contribution is -2.41. The average Bonchev–Trinajstić information content (AvgIpc) is 3.08. The van der Waals surface area contributed by atoms with Crippen molar-refractivity contribution < 1.29 is 9.15 Å². The van der Waals surface area contributed by atoms with Crippen LogP contribution in [0.2, 0.25) is 0 Å². The van der Waals surface area contributed by atoms with Crippen LogP contribution < -0.4 is 5.32 Å². The molecule has 5 nitrogen and oxygen atoms in total. The standard InChI is InChI=1S/C19H27N3O2S/c1-22(10-12-23-15-16-6-7-16)19(21-14-18-5-3-13-25-18)20-9-8-17-4-2-11-24-17/h2-5,11,13,16H,6-10,12,14-15H2,1H3,(H,20,21). The van der Waals surface area contributed by atoms with Gasteiger partial charge in [0.1, 0.15) is 5.76 Å². The summed E-state index contributed by atoms with van der Waals surface area (Å²) >= 11 is 1.74. The minimum absolute atomic E-state index is 0.702. The number of ether oxygens (including phenoxy) is 1. The molecule has 0 spiro atoms. The third-order valence-electron chi connectivity index (χ3n) is 4.18. The van der Waals surface area contributed by atoms with E-state index in [9.17, 15) is 0 Å². The fraction of sp³-hybridized carbons (Fsp3) is 0.526. The summed E-state index contributed by atoms with van der Waals surface area (Å²) in [5.74, 6) is 2.71. The van der Waals surface area contributed by atoms with Crippen LogP contribution in [0.5, 0.6) is 0 Å². The Balaban J connectivity index is 1.47. The quantitative estimate of drug-likeness (QED) is 0.400. The number of thiophene rings is 1. The Morgan fingerprint density at radius 2 is 2.32 bits per heavy atom. The number of aliphatic imine (C=N–C) groups is 1. The van der Waals surface area contributed by atoms with Gasteiger partial charge in [0.05, 0.1) is 19.4 Å². The summed E-state index contributed by atoms with van der Waals surface area (Å²) in [6, 6.07) is 8.10. The number of nitrogens with one attached hydrogen (secondary N) is 1. The third kappa shape index (κ3) is 6.55. The van der Waals surface area contributed by atoms with Crippen LogP contribution in [0.1, 0.15) is 23.5 Å². The molecule has 0 atom stereocenters. The fourth-order valence-corrected chi connectivity index (χ4v) is 3.09. The monoisotopic (exact) mass is 361 g/mol. The maximum Gasteiger partial charge on any atom is 0.194 e. The second-order valence-electron chi connectivity index (χ2n) is 6.42. The van der Waals surface area contributed by atoms with Gasteiger partial charge in [-0.05, 0) is 42.3 Å². The number of furan rings is 1. The lowest BCUT2D eigenvalue weighted by molar-refractivity contribution is 0.115. The van der Waals surface area contributed by atoms with Gasteiger partial charge in [-0.25, -0.2) is 4.99 Å². The van der Waals surface area contributed by atoms with E-state index in [-0.39, 0.29) is 0 Å². The Morgan fingerprint density at radius 1 is 1.40 bits per heavy atom. The molecule has 136 valence electrons. The number of hydrogen-bond acceptors (Lipinski definition) is 4. The number of rotatable bonds is 10. The highest BCUT2D eigenvalue weighted by atomic mass is 32.1. The predicted octanol–water partition coefficient (Wildman–Crippen LogP) is 3.39. The molecule has 0 unspecified atom stereocenters. The van der Waals surface area contributed by atoms with Crippen LogP contribution in [0.15, 0.2) is 45.3 Å². The molecule has 2 aromatic heterocycles. The first-order valence-corrected chi connectivity index (χ1v) is 9.81. The van der Waals surface area contributed by atoms with E-state index in [1.807, 2.05) is 12.1 Å². The third-order valence-corrected chi connectivity index (χ3v) is 5.04. The summed E-state index contributed by atoms with van der Waals surface area (Å²) in [5, 5.41) is 5.53. The molecule has 3 rings (SSSR count). The summed E-state index contributed by atoms with van der Waals surface area (Å²) in [6.07, 6.45) is 5.22. The van der Waals surface area contributed by atoms with E-state index >= 15 is 0 Å². The zero-order valence-electron chi connectivity index (χ0n) is 14.8. The number of nitrogens with zero attached hydrogens (tertiary/aromatic N) is 2. The highest BCUT2D eigenvalue weighted by Gasteiger charge is 2.21. The van der Waals surface area contributed by atoms with Crippen LogP contribution in [0.4, 0.5) is 0 Å². The molecular formula is C19H27N3O2S. The van der Waals surface area contributed by atoms with Crippen LogP contribution in [-0.4, -0.2) is 44.2 Å². The molecule has 0 saturated heterocycles. The lowest BCUT2D eigenvalue weighted by Gasteiger charge is -2.22. The minimum atomic E-state index is 0.702. The van der Waals surface area contributed by atoms with Crippen molar-refractivity contribution in [2.45, 2.75) is 25.8 Å². The second-order valence-corrected chi connectivity index (χ2v) is 7.45. The molecule has 1 aliphatic rings. The Bertz CT molecular complexity index is 621. The van der Waals surface area contributed by atoms with Crippen molar-refractivity contribution in [1.29, 1.82) is 0 Å². The fourth-order valence-electron chi connectivity index (χ4n) is 2.46. The SMILES string of the molecule is CN(CCOCC1CC1)C(=NCc1cccs1)NCCc1ccco1. The minimum Gasteiger partial charge on any atom is -0.469 e. The second kappa shape index (κ2) is 9.63. The number of hydrogen-bond donors (Lipinski definition) is 1. The first kappa shape index (κ1) is 18.0. The van der Waals surface area contributed by atoms with Crippen molar-refractivity contribution in [1.82, 2.24) is 10.2 Å². The van der Waals surface area contributed by atoms with Gasteiger partial charge < -0.3 is 19.4 Å². The van der Waals surface area contributed by atoms with E-state index in [2.05, 4.69) is 34.8 Å². The molecule has 2 aromatic rings. The molecule has 6 heteroatoms. The van der Waals surface area contributed by atoms with Gasteiger partial charge in [-0.3, -0.25) is 0 Å². The van der Waals surface area contributed by atoms with Crippen LogP contribution in [-0.2, 0) is 17.7 Å². The van der Waals surface area contributed by atoms with Crippen molar-refractivity contribution in [3.8, 4) is 0 Å². The molecular weight excluding hydrogens is 334 g/mol. The zero-order chi connectivity index (χ0) is 17.3. The summed E-state index contributed by atoms with van der Waals surface area (Å²) in [7, 11) is 2.06. The number of guanidine groups is 1. The Morgan fingerprint density at radius 3 is 3.04 bits per heavy atom. The molecule has 1 saturated carbocycles. The Labute approximate surface area is 153 Å². The Kier molecular flexibility index (Phi) is 6.94. The van der Waals surface area contributed by atoms with Gasteiger partial charge in [-0.2, -0.15) is 0 Å². The van der Waals surface area contributed by atoms with Crippen LogP contribution in [0.25, 0.3) is 0 Å². The summed E-state index contributed by atoms with van der Waals surface area (Å²) in [5.41, 5.74) is 0. The van der Waals surface area contributed by atoms with Crippen molar-refractivity contribution in [2.75, 3.05) is 33.4 Å². The molecule has 2 heterocycles. The highest BCUT2D eigenvalue weighted by Crippen LogP contribution is 2.28. The normalized spacial score (nSPS) is 14.7. The maximum absolute atomic E-state index is 5.75. The summed E-state index contributed by atoms with van der Waals surface area (Å²) in [6.45, 7) is 3.98. The van der Waals surface area contributed by atoms with Crippen molar-refractivity contribution in [3.05, 3.63) is 46.5 Å². The smallest absolute Gasteiger partial charge is 0.194 e. The first-order chi connectivity index (χ1) is 12.3. The molecule has 1 fully saturated rings. The van der Waals surface area contributed by atoms with Gasteiger partial charge in [-0.1, -0.05) is 6.07 Å². The topological polar surface area (TPSA) is 50.0 Å². The number of likely N-dealkylation sites (N-methyl/N-ethyl adjacent to an activating group) is 1. The molecule has 25 heavy (non-hydrogen) atoms. The average molecular weight is 362 g/mol. The highest BCUT2D eigenvalue weighted by molar-refractivity contribution is 7.09. The molecule has 0 aromatic carbocycles. The van der Waals surface area contributed by atoms with Gasteiger partial charge in [0.15, 0.2) is 5.96 Å². The first-order valence-electron chi connectivity index (χ1n) is 8.93. The molecule has 0 amide bonds. The molecule has 1 N–H and O–H groups in total. The van der Waals surface area contributed by atoms with Gasteiger partial charge in [0.2, 0.25) is 0 Å². The van der Waals surface area contributed by atoms with Crippen molar-refractivity contribution >= 4 is 17.3 Å². The summed E-state index contributed by atoms with van der Waals surface area (Å²) in [4.78, 5) is 8.18. The van der Waals surface area contributed by atoms with Crippen LogP contribution >= 0.6 is 11.3 Å². The van der Waals surface area contributed by atoms with E-state index in [4.69, 9.17) is 14.1 Å². The van der Waals surface area contributed by atoms with E-state index in [1.54, 1.807) is 17.6 Å². The Hall–Kier alpha value is -1.79. The van der Waals surface area contributed by atoms with Crippen molar-refractivity contribution in [2.24, 2.45) is 10.9 Å². The maximum atomic E-state index is 5.75. The largest absolute Gasteiger partial charge is 0.469 e. The molecule has 1 aliphatic carbocycles. The van der Waals surface area contributed by atoms with E-state index in [0.717, 1.165) is 50.4 Å². The van der Waals surface area contributed by atoms with Crippen molar-refractivity contribution in [3.63, 3.8) is 0 Å². The lowest BCUT2D eigenvalue weighted by atomic mass is 10.3. The molecule has 0 aliphatic heterocycles. The van der Waals surface area contributed by atoms with Gasteiger partial charge in [0.25, 0.3) is 0 Å². The van der Waals surface area contributed by atoms with E-state index in [1.165, 1.54) is 17.7 Å². The van der Waals surface area contributed by atoms with Crippen LogP contribution in [0, 0.1) is 5.92 Å². The molecule has 0 radical (unpaired) electrons. The van der Waals surface area contributed by atoms with Crippen LogP contribution in [0.3, 0.4) is 0 Å².